The van der Waals surface area contributed by atoms with Crippen molar-refractivity contribution < 1.29 is 85.3 Å². The molecule has 0 spiro atoms. The first-order valence-corrected chi connectivity index (χ1v) is 28.8. The summed E-state index contributed by atoms with van der Waals surface area (Å²) in [6.45, 7) is -2.12. The Morgan fingerprint density at radius 1 is 0.506 bits per heavy atom. The number of thiophene rings is 2. The molecule has 2 N–H and O–H groups in total. The molecular weight excluding hydrogens is 1520 g/mol. The number of hydrogen-bond donors (Lipinski definition) is 2. The number of pyridine rings is 6. The molecule has 0 atom stereocenters. The van der Waals surface area contributed by atoms with Gasteiger partial charge in [-0.05, 0) is 152 Å². The van der Waals surface area contributed by atoms with Gasteiger partial charge in [0, 0.05) is 150 Å². The molecule has 12 rings (SSSR count). The third-order valence-electron chi connectivity index (χ3n) is 10.7. The topological polar surface area (TPSA) is 175 Å². The quantitative estimate of drug-likeness (QED) is 0.0742. The molecule has 4 aromatic carbocycles. The van der Waals surface area contributed by atoms with Crippen LogP contribution in [0.25, 0.3) is 85.6 Å². The number of benzene rings is 4. The van der Waals surface area contributed by atoms with Gasteiger partial charge < -0.3 is 29.7 Å². The van der Waals surface area contributed by atoms with Crippen molar-refractivity contribution in [3.63, 3.8) is 0 Å². The second-order valence-corrected chi connectivity index (χ2v) is 20.2. The molecule has 6 radical (unpaired) electrons. The SMILES string of the molecule is CC#CC#CC#CC.CO.CO.CS(=O)(=O)[O-].Cc1ccc(-c2[c-]cccc2)nc1.Cc1ccc(-c2[c-]cccc2)nc1.[2H]c1c(C([2H])([2H])[2H])cnc(-c2[c-]ccc3c2sc2nc(C([2H])([2H])[2H])ccc23)c1[2H].[2H]c1c(C([2H])([2H])[2H])cnc(-c2cccc3c2sc2nc(C([2H])([2H])[2H])ccc23)c1[2H].[B][B].[Ir].[Ir]. The first kappa shape index (κ1) is 54.1. The predicted octanol–water partition coefficient (Wildman–Crippen LogP) is 14.4. The van der Waals surface area contributed by atoms with Gasteiger partial charge in [0.1, 0.15) is 9.66 Å². The van der Waals surface area contributed by atoms with E-state index >= 15 is 0 Å². The van der Waals surface area contributed by atoms with Gasteiger partial charge in [-0.1, -0.05) is 83.9 Å². The monoisotopic (exact) mass is 1600 g/mol. The minimum absolute atomic E-state index is 0. The largest absolute Gasteiger partial charge is 0.748 e. The summed E-state index contributed by atoms with van der Waals surface area (Å²) in [6, 6.07) is 47.1. The van der Waals surface area contributed by atoms with E-state index in [9.17, 15) is 0 Å². The third kappa shape index (κ3) is 25.3. The fraction of sp³-hybridized carbons (Fsp3) is 0.155. The number of fused-ring (bicyclic) bond motifs is 6. The van der Waals surface area contributed by atoms with Crippen molar-refractivity contribution in [2.75, 3.05) is 20.5 Å². The standard InChI is InChI=1S/C18H14N2S.C18H13N2S.2C12H10N.C8H6.CH4O3S.2CH4O.B2.2Ir/c2*1-11-6-9-16(19-10-11)15-5-3-4-13-14-8-7-12(2)20-18(14)21-17(13)15;2*1-10-7-8-12(13-9-10)11-5-3-2-4-6-11;1-3-5-7-8-6-4-2;1-5(2,3)4;3*1-2;;/h3-10H,1-2H3;3-4,6-10H,1-2H3;2*2-5,7-9H,1H3;1-2H3;1H3,(H,2,3,4);2*2H,1H3;;;/q;3*-1;;;;;;;/p-1/i2*1D3,2D3,6D,9D;;;;;;;;;. The van der Waals surface area contributed by atoms with Gasteiger partial charge in [-0.15, -0.1) is 107 Å². The van der Waals surface area contributed by atoms with Crippen LogP contribution >= 0.6 is 22.7 Å². The van der Waals surface area contributed by atoms with Crippen LogP contribution in [0.15, 0.2) is 176 Å². The third-order valence-corrected chi connectivity index (χ3v) is 12.9. The number of nitrogens with zero attached hydrogens (tertiary/aromatic N) is 6. The van der Waals surface area contributed by atoms with Crippen molar-refractivity contribution in [2.24, 2.45) is 0 Å². The molecule has 89 heavy (non-hydrogen) atoms. The molecule has 12 aromatic rings. The second-order valence-electron chi connectivity index (χ2n) is 16.8. The molecule has 0 saturated carbocycles. The van der Waals surface area contributed by atoms with E-state index in [0.717, 1.165) is 75.4 Å². The van der Waals surface area contributed by atoms with Crippen molar-refractivity contribution in [1.29, 1.82) is 0 Å². The zero-order valence-electron chi connectivity index (χ0n) is 64.8. The van der Waals surface area contributed by atoms with E-state index in [0.29, 0.717) is 31.7 Å². The number of hydrogen-bond acceptors (Lipinski definition) is 13. The smallest absolute Gasteiger partial charge is 0.124 e. The minimum atomic E-state index is -3.92. The maximum Gasteiger partial charge on any atom is 0.124 e. The van der Waals surface area contributed by atoms with E-state index < -0.39 is 43.6 Å². The summed E-state index contributed by atoms with van der Waals surface area (Å²) in [4.78, 5) is 26.6. The first-order chi connectivity index (χ1) is 48.6. The van der Waals surface area contributed by atoms with E-state index in [2.05, 4.69) is 111 Å². The van der Waals surface area contributed by atoms with E-state index in [1.165, 1.54) is 45.9 Å². The Balaban J connectivity index is 0.000000455. The van der Waals surface area contributed by atoms with Crippen LogP contribution in [0.3, 0.4) is 0 Å². The van der Waals surface area contributed by atoms with E-state index in [-0.39, 0.29) is 92.2 Å². The van der Waals surface area contributed by atoms with Crippen molar-refractivity contribution in [1.82, 2.24) is 29.9 Å². The Kier molecular flexibility index (Phi) is 25.2. The minimum Gasteiger partial charge on any atom is -0.748 e. The van der Waals surface area contributed by atoms with Crippen LogP contribution in [0.4, 0.5) is 0 Å². The molecule has 0 aliphatic heterocycles. The molecule has 0 saturated heterocycles. The Bertz CT molecular complexity index is 4820. The first-order valence-electron chi connectivity index (χ1n) is 33.4. The molecule has 0 fully saturated rings. The normalized spacial score (nSPS) is 12.6. The molecule has 0 bridgehead atoms. The average molecular weight is 1600 g/mol. The predicted molar refractivity (Wildman–Crippen MR) is 363 cm³/mol. The number of aliphatic hydroxyl groups excluding tert-OH is 2. The van der Waals surface area contributed by atoms with Crippen LogP contribution < -0.4 is 0 Å². The Labute approximate surface area is 584 Å². The summed E-state index contributed by atoms with van der Waals surface area (Å²) >= 11 is 2.53. The summed E-state index contributed by atoms with van der Waals surface area (Å²) in [7, 11) is 6.08. The van der Waals surface area contributed by atoms with Gasteiger partial charge >= 0.3 is 0 Å². The molecule has 0 amide bonds. The molecule has 11 nitrogen and oxygen atoms in total. The van der Waals surface area contributed by atoms with Crippen LogP contribution in [-0.2, 0) is 50.3 Å². The summed E-state index contributed by atoms with van der Waals surface area (Å²) in [5.41, 5.74) is 7.25. The summed E-state index contributed by atoms with van der Waals surface area (Å²) < 4.78 is 152. The molecule has 0 aliphatic rings. The molecule has 8 aromatic heterocycles. The van der Waals surface area contributed by atoms with E-state index in [1.54, 1.807) is 44.2 Å². The average Bonchev–Trinajstić information content (AvgIpc) is 1.63. The van der Waals surface area contributed by atoms with Gasteiger partial charge in [-0.25, -0.2) is 18.4 Å². The number of aliphatic hydroxyl groups is 2. The number of aryl methyl sites for hydroxylation is 6. The maximum absolute atomic E-state index is 9.08. The Hall–Kier alpha value is -7.84. The summed E-state index contributed by atoms with van der Waals surface area (Å²) in [5, 5.41) is 17.2. The fourth-order valence-corrected chi connectivity index (χ4v) is 9.47. The van der Waals surface area contributed by atoms with Crippen LogP contribution in [0.5, 0.6) is 0 Å². The van der Waals surface area contributed by atoms with Crippen LogP contribution in [0.1, 0.15) is 69.4 Å². The van der Waals surface area contributed by atoms with Gasteiger partial charge in [0.25, 0.3) is 0 Å². The van der Waals surface area contributed by atoms with Gasteiger partial charge in [0.05, 0.1) is 21.3 Å². The van der Waals surface area contributed by atoms with E-state index in [1.807, 2.05) is 99.0 Å². The van der Waals surface area contributed by atoms with E-state index in [4.69, 9.17) is 45.1 Å². The zero-order valence-corrected chi connectivity index (χ0v) is 56.0. The molecule has 0 aliphatic carbocycles. The second kappa shape index (κ2) is 41.4. The van der Waals surface area contributed by atoms with Crippen LogP contribution in [-0.4, -0.2) is 89.0 Å². The van der Waals surface area contributed by atoms with Crippen molar-refractivity contribution in [3.05, 3.63) is 228 Å². The molecule has 18 heteroatoms. The van der Waals surface area contributed by atoms with Crippen molar-refractivity contribution >= 4 is 88.9 Å². The maximum atomic E-state index is 9.08. The Morgan fingerprint density at radius 2 is 0.955 bits per heavy atom. The molecule has 0 unspecified atom stereocenters. The van der Waals surface area contributed by atoms with Crippen molar-refractivity contribution in [2.45, 2.75) is 55.1 Å². The summed E-state index contributed by atoms with van der Waals surface area (Å²) in [6.07, 6.45) is 6.58. The molecular formula is C71H64B2Ir2N6O5S3-4. The van der Waals surface area contributed by atoms with Gasteiger partial charge in [0.15, 0.2) is 0 Å². The fourth-order valence-electron chi connectivity index (χ4n) is 7.11. The molecule has 454 valence electrons. The Morgan fingerprint density at radius 3 is 1.39 bits per heavy atom. The molecule has 8 heterocycles. The number of rotatable bonds is 4. The van der Waals surface area contributed by atoms with Crippen molar-refractivity contribution in [3.8, 4) is 80.6 Å². The van der Waals surface area contributed by atoms with Gasteiger partial charge in [-0.2, -0.15) is 11.3 Å². The van der Waals surface area contributed by atoms with Gasteiger partial charge in [0.2, 0.25) is 0 Å². The van der Waals surface area contributed by atoms with Gasteiger partial charge in [-0.3, -0.25) is 4.98 Å². The van der Waals surface area contributed by atoms with Crippen LogP contribution in [0, 0.1) is 95.0 Å². The zero-order chi connectivity index (χ0) is 77.2. The van der Waals surface area contributed by atoms with Crippen LogP contribution in [0.2, 0.25) is 0 Å². The number of aromatic nitrogens is 6. The summed E-state index contributed by atoms with van der Waals surface area (Å²) in [5.74, 6) is 15.5.